The number of nitrogens with one attached hydrogen (secondary N) is 2. The highest BCUT2D eigenvalue weighted by molar-refractivity contribution is 14.0. The Kier molecular flexibility index (Phi) is 7.31. The fourth-order valence-electron chi connectivity index (χ4n) is 2.37. The maximum Gasteiger partial charge on any atom is 0.213 e. The van der Waals surface area contributed by atoms with Crippen molar-refractivity contribution in [3.63, 3.8) is 0 Å². The number of halogens is 1. The number of nitrogens with zero attached hydrogens (tertiary/aromatic N) is 2. The lowest BCUT2D eigenvalue weighted by atomic mass is 9.94. The fourth-order valence-corrected chi connectivity index (χ4v) is 2.37. The van der Waals surface area contributed by atoms with Crippen LogP contribution in [0.4, 0.5) is 0 Å². The number of oxazole rings is 1. The summed E-state index contributed by atoms with van der Waals surface area (Å²) in [6, 6.07) is 0. The van der Waals surface area contributed by atoms with E-state index in [4.69, 9.17) is 9.15 Å². The molecule has 1 fully saturated rings. The first-order valence-electron chi connectivity index (χ1n) is 7.86. The van der Waals surface area contributed by atoms with Crippen molar-refractivity contribution in [2.75, 3.05) is 20.2 Å². The number of aliphatic imine (C=N–C) groups is 1. The quantitative estimate of drug-likeness (QED) is 0.432. The van der Waals surface area contributed by atoms with Gasteiger partial charge in [0.1, 0.15) is 5.76 Å². The summed E-state index contributed by atoms with van der Waals surface area (Å²) in [5, 5.41) is 6.52. The number of rotatable bonds is 4. The molecule has 1 aliphatic rings. The Bertz CT molecular complexity index is 516. The Balaban J connectivity index is 0.00000264. The van der Waals surface area contributed by atoms with Crippen molar-refractivity contribution in [2.24, 2.45) is 4.99 Å². The molecule has 0 aliphatic carbocycles. The Labute approximate surface area is 155 Å². The van der Waals surface area contributed by atoms with Crippen molar-refractivity contribution in [1.82, 2.24) is 15.6 Å². The average Bonchev–Trinajstić information content (AvgIpc) is 3.08. The second kappa shape index (κ2) is 8.32. The molecule has 1 aromatic rings. The van der Waals surface area contributed by atoms with Crippen LogP contribution in [0.3, 0.4) is 0 Å². The molecule has 132 valence electrons. The van der Waals surface area contributed by atoms with Gasteiger partial charge in [0.2, 0.25) is 5.89 Å². The summed E-state index contributed by atoms with van der Waals surface area (Å²) >= 11 is 0. The van der Waals surface area contributed by atoms with Crippen LogP contribution in [-0.4, -0.2) is 36.7 Å². The number of guanidine groups is 1. The van der Waals surface area contributed by atoms with Crippen LogP contribution in [0, 0.1) is 0 Å². The van der Waals surface area contributed by atoms with E-state index in [-0.39, 0.29) is 35.0 Å². The van der Waals surface area contributed by atoms with Crippen molar-refractivity contribution in [2.45, 2.75) is 58.1 Å². The molecule has 0 amide bonds. The predicted octanol–water partition coefficient (Wildman–Crippen LogP) is 2.82. The molecule has 23 heavy (non-hydrogen) atoms. The Hall–Kier alpha value is -0.830. The van der Waals surface area contributed by atoms with Crippen LogP contribution in [0.2, 0.25) is 0 Å². The minimum atomic E-state index is -0.0973. The van der Waals surface area contributed by atoms with Crippen LogP contribution < -0.4 is 10.6 Å². The third-order valence-electron chi connectivity index (χ3n) is 3.85. The van der Waals surface area contributed by atoms with Gasteiger partial charge in [0.25, 0.3) is 0 Å². The number of hydrogen-bond donors (Lipinski definition) is 2. The van der Waals surface area contributed by atoms with Gasteiger partial charge in [-0.3, -0.25) is 4.99 Å². The molecule has 0 bridgehead atoms. The van der Waals surface area contributed by atoms with Gasteiger partial charge < -0.3 is 19.8 Å². The molecule has 1 saturated heterocycles. The van der Waals surface area contributed by atoms with Crippen LogP contribution >= 0.6 is 24.0 Å². The van der Waals surface area contributed by atoms with E-state index in [9.17, 15) is 0 Å². The Morgan fingerprint density at radius 2 is 2.13 bits per heavy atom. The molecule has 2 heterocycles. The van der Waals surface area contributed by atoms with Crippen LogP contribution in [-0.2, 0) is 16.7 Å². The van der Waals surface area contributed by atoms with Crippen molar-refractivity contribution in [3.8, 4) is 0 Å². The summed E-state index contributed by atoms with van der Waals surface area (Å²) in [5.41, 5.74) is -0.125. The van der Waals surface area contributed by atoms with Gasteiger partial charge in [-0.2, -0.15) is 0 Å². The summed E-state index contributed by atoms with van der Waals surface area (Å²) in [5.74, 6) is 2.28. The lowest BCUT2D eigenvalue weighted by Gasteiger charge is -2.24. The van der Waals surface area contributed by atoms with Crippen molar-refractivity contribution < 1.29 is 9.15 Å². The van der Waals surface area contributed by atoms with Crippen LogP contribution in [0.25, 0.3) is 0 Å². The summed E-state index contributed by atoms with van der Waals surface area (Å²) in [6.07, 6.45) is 3.99. The monoisotopic (exact) mass is 436 g/mol. The van der Waals surface area contributed by atoms with E-state index in [2.05, 4.69) is 48.3 Å². The molecule has 1 unspecified atom stereocenters. The van der Waals surface area contributed by atoms with Gasteiger partial charge in [0.15, 0.2) is 5.96 Å². The molecular formula is C16H29IN4O2. The zero-order valence-corrected chi connectivity index (χ0v) is 17.1. The maximum atomic E-state index is 5.76. The van der Waals surface area contributed by atoms with Gasteiger partial charge in [-0.05, 0) is 19.8 Å². The smallest absolute Gasteiger partial charge is 0.213 e. The standard InChI is InChI=1S/C16H28N4O2.HI/c1-15(2,3)12-9-18-13(22-12)10-19-14(17-5)20-11-16(4)7-6-8-21-16;/h9H,6-8,10-11H2,1-5H3,(H2,17,19,20);1H. The zero-order chi connectivity index (χ0) is 16.2. The van der Waals surface area contributed by atoms with Gasteiger partial charge in [0.05, 0.1) is 18.3 Å². The Morgan fingerprint density at radius 3 is 2.65 bits per heavy atom. The van der Waals surface area contributed by atoms with E-state index in [1.807, 2.05) is 0 Å². The molecule has 0 radical (unpaired) electrons. The molecule has 0 saturated carbocycles. The fraction of sp³-hybridized carbons (Fsp3) is 0.750. The lowest BCUT2D eigenvalue weighted by Crippen LogP contribution is -2.45. The van der Waals surface area contributed by atoms with Crippen LogP contribution in [0.5, 0.6) is 0 Å². The SMILES string of the molecule is CN=C(NCc1ncc(C(C)(C)C)o1)NCC1(C)CCCO1.I. The highest BCUT2D eigenvalue weighted by Gasteiger charge is 2.29. The normalized spacial score (nSPS) is 21.9. The first-order chi connectivity index (χ1) is 10.3. The minimum absolute atomic E-state index is 0. The van der Waals surface area contributed by atoms with E-state index >= 15 is 0 Å². The van der Waals surface area contributed by atoms with Gasteiger partial charge in [-0.25, -0.2) is 4.98 Å². The van der Waals surface area contributed by atoms with Gasteiger partial charge in [0, 0.05) is 25.6 Å². The predicted molar refractivity (Wildman–Crippen MR) is 102 cm³/mol. The second-order valence-electron chi connectivity index (χ2n) is 7.05. The molecule has 0 spiro atoms. The second-order valence-corrected chi connectivity index (χ2v) is 7.05. The third kappa shape index (κ3) is 5.95. The summed E-state index contributed by atoms with van der Waals surface area (Å²) in [6.45, 7) is 10.5. The molecular weight excluding hydrogens is 407 g/mol. The highest BCUT2D eigenvalue weighted by Crippen LogP contribution is 2.24. The lowest BCUT2D eigenvalue weighted by molar-refractivity contribution is 0.0243. The van der Waals surface area contributed by atoms with E-state index in [0.29, 0.717) is 12.4 Å². The van der Waals surface area contributed by atoms with Crippen LogP contribution in [0.15, 0.2) is 15.6 Å². The zero-order valence-electron chi connectivity index (χ0n) is 14.7. The highest BCUT2D eigenvalue weighted by atomic mass is 127. The average molecular weight is 436 g/mol. The third-order valence-corrected chi connectivity index (χ3v) is 3.85. The minimum Gasteiger partial charge on any atom is -0.443 e. The van der Waals surface area contributed by atoms with E-state index < -0.39 is 0 Å². The van der Waals surface area contributed by atoms with Gasteiger partial charge in [-0.1, -0.05) is 20.8 Å². The summed E-state index contributed by atoms with van der Waals surface area (Å²) in [7, 11) is 1.75. The molecule has 2 rings (SSSR count). The molecule has 6 nitrogen and oxygen atoms in total. The largest absolute Gasteiger partial charge is 0.443 e. The molecule has 2 N–H and O–H groups in total. The van der Waals surface area contributed by atoms with Crippen molar-refractivity contribution in [3.05, 3.63) is 17.8 Å². The maximum absolute atomic E-state index is 5.76. The van der Waals surface area contributed by atoms with E-state index in [0.717, 1.165) is 37.7 Å². The molecule has 1 aliphatic heterocycles. The summed E-state index contributed by atoms with van der Waals surface area (Å²) in [4.78, 5) is 8.52. The molecule has 1 aromatic heterocycles. The number of hydrogen-bond acceptors (Lipinski definition) is 4. The van der Waals surface area contributed by atoms with Crippen molar-refractivity contribution in [1.29, 1.82) is 0 Å². The van der Waals surface area contributed by atoms with E-state index in [1.54, 1.807) is 13.2 Å². The number of aromatic nitrogens is 1. The van der Waals surface area contributed by atoms with Crippen LogP contribution in [0.1, 0.15) is 52.2 Å². The first-order valence-corrected chi connectivity index (χ1v) is 7.86. The summed E-state index contributed by atoms with van der Waals surface area (Å²) < 4.78 is 11.5. The molecule has 7 heteroatoms. The molecule has 0 aromatic carbocycles. The van der Waals surface area contributed by atoms with Crippen molar-refractivity contribution >= 4 is 29.9 Å². The Morgan fingerprint density at radius 1 is 1.39 bits per heavy atom. The molecule has 1 atom stereocenters. The van der Waals surface area contributed by atoms with E-state index in [1.165, 1.54) is 0 Å². The topological polar surface area (TPSA) is 71.7 Å². The van der Waals surface area contributed by atoms with Gasteiger partial charge in [-0.15, -0.1) is 24.0 Å². The first kappa shape index (κ1) is 20.2. The number of ether oxygens (including phenoxy) is 1. The van der Waals surface area contributed by atoms with Gasteiger partial charge >= 0.3 is 0 Å².